The van der Waals surface area contributed by atoms with Gasteiger partial charge in [0.15, 0.2) is 5.78 Å². The minimum atomic E-state index is 0.00270. The fourth-order valence-electron chi connectivity index (χ4n) is 2.36. The zero-order valence-corrected chi connectivity index (χ0v) is 13.1. The van der Waals surface area contributed by atoms with Crippen LogP contribution in [0.3, 0.4) is 0 Å². The van der Waals surface area contributed by atoms with Crippen molar-refractivity contribution in [1.29, 1.82) is 0 Å². The van der Waals surface area contributed by atoms with Crippen molar-refractivity contribution in [3.63, 3.8) is 0 Å². The maximum Gasteiger partial charge on any atom is 0.179 e. The Hall–Kier alpha value is -1.06. The van der Waals surface area contributed by atoms with E-state index in [1.54, 1.807) is 11.3 Å². The number of nitrogens with zero attached hydrogens (tertiary/aromatic N) is 1. The van der Waals surface area contributed by atoms with Crippen LogP contribution in [-0.4, -0.2) is 16.2 Å². The van der Waals surface area contributed by atoms with E-state index in [0.29, 0.717) is 0 Å². The number of ketones is 1. The molecule has 0 saturated heterocycles. The predicted octanol–water partition coefficient (Wildman–Crippen LogP) is 4.20. The van der Waals surface area contributed by atoms with Crippen molar-refractivity contribution in [2.75, 3.05) is 5.88 Å². The lowest BCUT2D eigenvalue weighted by molar-refractivity contribution is 0.102. The first-order valence-corrected chi connectivity index (χ1v) is 7.81. The number of hydrogen-bond donors (Lipinski definition) is 0. The van der Waals surface area contributed by atoms with Crippen molar-refractivity contribution in [2.45, 2.75) is 33.7 Å². The zero-order chi connectivity index (χ0) is 14.0. The highest BCUT2D eigenvalue weighted by Crippen LogP contribution is 2.23. The number of carbonyl (C=O) groups excluding carboxylic acids is 1. The van der Waals surface area contributed by atoms with Crippen LogP contribution in [0.4, 0.5) is 0 Å². The molecule has 2 aromatic heterocycles. The van der Waals surface area contributed by atoms with Gasteiger partial charge in [0, 0.05) is 21.8 Å². The van der Waals surface area contributed by atoms with Crippen molar-refractivity contribution >= 4 is 28.7 Å². The highest BCUT2D eigenvalue weighted by molar-refractivity contribution is 7.10. The summed E-state index contributed by atoms with van der Waals surface area (Å²) in [7, 11) is 0. The number of aromatic nitrogens is 1. The van der Waals surface area contributed by atoms with Crippen molar-refractivity contribution in [2.24, 2.45) is 0 Å². The van der Waals surface area contributed by atoms with Gasteiger partial charge in [-0.2, -0.15) is 0 Å². The summed E-state index contributed by atoms with van der Waals surface area (Å²) < 4.78 is 2.20. The molecule has 0 radical (unpaired) electrons. The maximum absolute atomic E-state index is 11.8. The van der Waals surface area contributed by atoms with E-state index >= 15 is 0 Å². The van der Waals surface area contributed by atoms with Crippen LogP contribution in [-0.2, 0) is 13.0 Å². The van der Waals surface area contributed by atoms with Crippen LogP contribution in [0.1, 0.15) is 39.1 Å². The van der Waals surface area contributed by atoms with E-state index in [0.717, 1.165) is 29.9 Å². The number of Topliss-reactive ketones (excluding diaryl/α,β-unsaturated/α-hetero) is 1. The molecule has 0 N–H and O–H groups in total. The predicted molar refractivity (Wildman–Crippen MR) is 81.8 cm³/mol. The summed E-state index contributed by atoms with van der Waals surface area (Å²) in [5.74, 6) is 0.0478. The Labute approximate surface area is 123 Å². The quantitative estimate of drug-likeness (QED) is 0.598. The molecule has 0 aliphatic rings. The summed E-state index contributed by atoms with van der Waals surface area (Å²) in [5, 5.41) is 2.13. The van der Waals surface area contributed by atoms with E-state index < -0.39 is 0 Å². The van der Waals surface area contributed by atoms with Crippen LogP contribution in [0.25, 0.3) is 0 Å². The second kappa shape index (κ2) is 5.93. The Balaban J connectivity index is 2.36. The van der Waals surface area contributed by atoms with Gasteiger partial charge in [0.05, 0.1) is 12.4 Å². The van der Waals surface area contributed by atoms with E-state index in [-0.39, 0.29) is 11.7 Å². The summed E-state index contributed by atoms with van der Waals surface area (Å²) in [5.41, 5.74) is 4.27. The van der Waals surface area contributed by atoms with Crippen LogP contribution in [0.5, 0.6) is 0 Å². The first-order chi connectivity index (χ1) is 9.08. The molecule has 102 valence electrons. The third-order valence-electron chi connectivity index (χ3n) is 3.52. The number of hydrogen-bond acceptors (Lipinski definition) is 2. The molecule has 2 rings (SSSR count). The van der Waals surface area contributed by atoms with Gasteiger partial charge < -0.3 is 4.57 Å². The van der Waals surface area contributed by atoms with Gasteiger partial charge in [-0.1, -0.05) is 6.92 Å². The average Bonchev–Trinajstić information content (AvgIpc) is 2.97. The molecule has 0 amide bonds. The molecule has 19 heavy (non-hydrogen) atoms. The smallest absolute Gasteiger partial charge is 0.179 e. The van der Waals surface area contributed by atoms with Crippen molar-refractivity contribution in [3.05, 3.63) is 44.9 Å². The Bertz CT molecular complexity index is 597. The van der Waals surface area contributed by atoms with Gasteiger partial charge in [-0.3, -0.25) is 4.79 Å². The molecule has 0 fully saturated rings. The molecule has 0 aliphatic carbocycles. The average molecular weight is 296 g/mol. The molecule has 0 saturated carbocycles. The second-order valence-electron chi connectivity index (χ2n) is 4.65. The number of thiophene rings is 1. The molecule has 0 unspecified atom stereocenters. The van der Waals surface area contributed by atoms with E-state index in [1.165, 1.54) is 10.4 Å². The molecule has 4 heteroatoms. The summed E-state index contributed by atoms with van der Waals surface area (Å²) in [6.07, 6.45) is 1.05. The standard InChI is InChI=1S/C15H18ClNOS/c1-4-12-5-6-19-15(12)9-17-10(2)7-13(11(17)3)14(18)8-16/h5-7H,4,8-9H2,1-3H3. The Morgan fingerprint density at radius 2 is 2.16 bits per heavy atom. The Morgan fingerprint density at radius 3 is 2.79 bits per heavy atom. The maximum atomic E-state index is 11.8. The largest absolute Gasteiger partial charge is 0.343 e. The topological polar surface area (TPSA) is 22.0 Å². The second-order valence-corrected chi connectivity index (χ2v) is 5.92. The van der Waals surface area contributed by atoms with Gasteiger partial charge in [-0.25, -0.2) is 0 Å². The van der Waals surface area contributed by atoms with Gasteiger partial charge in [-0.05, 0) is 43.3 Å². The number of rotatable bonds is 5. The van der Waals surface area contributed by atoms with Crippen LogP contribution in [0.2, 0.25) is 0 Å². The summed E-state index contributed by atoms with van der Waals surface area (Å²) in [6, 6.07) is 4.12. The van der Waals surface area contributed by atoms with E-state index in [9.17, 15) is 4.79 Å². The van der Waals surface area contributed by atoms with Crippen molar-refractivity contribution in [1.82, 2.24) is 4.57 Å². The first kappa shape index (κ1) is 14.4. The molecule has 0 spiro atoms. The van der Waals surface area contributed by atoms with Gasteiger partial charge in [-0.15, -0.1) is 22.9 Å². The lowest BCUT2D eigenvalue weighted by Gasteiger charge is -2.10. The third-order valence-corrected chi connectivity index (χ3v) is 4.71. The minimum absolute atomic E-state index is 0.00270. The fourth-order valence-corrected chi connectivity index (χ4v) is 3.47. The van der Waals surface area contributed by atoms with Gasteiger partial charge >= 0.3 is 0 Å². The van der Waals surface area contributed by atoms with Crippen LogP contribution >= 0.6 is 22.9 Å². The van der Waals surface area contributed by atoms with Crippen LogP contribution < -0.4 is 0 Å². The molecule has 0 bridgehead atoms. The van der Waals surface area contributed by atoms with Crippen LogP contribution in [0, 0.1) is 13.8 Å². The molecular formula is C15H18ClNOS. The lowest BCUT2D eigenvalue weighted by atomic mass is 10.2. The molecule has 2 nitrogen and oxygen atoms in total. The molecule has 0 aromatic carbocycles. The molecule has 2 heterocycles. The summed E-state index contributed by atoms with van der Waals surface area (Å²) in [6.45, 7) is 7.04. The molecular weight excluding hydrogens is 278 g/mol. The normalized spacial score (nSPS) is 10.9. The molecule has 0 aliphatic heterocycles. The Morgan fingerprint density at radius 1 is 1.42 bits per heavy atom. The zero-order valence-electron chi connectivity index (χ0n) is 11.5. The highest BCUT2D eigenvalue weighted by Gasteiger charge is 2.15. The lowest BCUT2D eigenvalue weighted by Crippen LogP contribution is -2.07. The highest BCUT2D eigenvalue weighted by atomic mass is 35.5. The van der Waals surface area contributed by atoms with Crippen molar-refractivity contribution in [3.8, 4) is 0 Å². The van der Waals surface area contributed by atoms with Gasteiger partial charge in [0.2, 0.25) is 0 Å². The molecule has 2 aromatic rings. The molecule has 0 atom stereocenters. The number of alkyl halides is 1. The third kappa shape index (κ3) is 2.77. The monoisotopic (exact) mass is 295 g/mol. The number of aryl methyl sites for hydroxylation is 2. The van der Waals surface area contributed by atoms with E-state index in [2.05, 4.69) is 22.9 Å². The summed E-state index contributed by atoms with van der Waals surface area (Å²) in [4.78, 5) is 13.2. The van der Waals surface area contributed by atoms with Gasteiger partial charge in [0.1, 0.15) is 0 Å². The van der Waals surface area contributed by atoms with Crippen molar-refractivity contribution < 1.29 is 4.79 Å². The Kier molecular flexibility index (Phi) is 4.48. The SMILES string of the molecule is CCc1ccsc1Cn1c(C)cc(C(=O)CCl)c1C. The first-order valence-electron chi connectivity index (χ1n) is 6.39. The van der Waals surface area contributed by atoms with E-state index in [4.69, 9.17) is 11.6 Å². The summed E-state index contributed by atoms with van der Waals surface area (Å²) >= 11 is 7.43. The number of carbonyl (C=O) groups is 1. The van der Waals surface area contributed by atoms with Crippen LogP contribution in [0.15, 0.2) is 17.5 Å². The number of halogens is 1. The van der Waals surface area contributed by atoms with E-state index in [1.807, 2.05) is 19.9 Å². The minimum Gasteiger partial charge on any atom is -0.343 e. The van der Waals surface area contributed by atoms with Gasteiger partial charge in [0.25, 0.3) is 0 Å². The fraction of sp³-hybridized carbons (Fsp3) is 0.400.